The summed E-state index contributed by atoms with van der Waals surface area (Å²) < 4.78 is 0. The highest BCUT2D eigenvalue weighted by Gasteiger charge is 2.24. The fourth-order valence-electron chi connectivity index (χ4n) is 3.07. The Morgan fingerprint density at radius 1 is 1.11 bits per heavy atom. The Morgan fingerprint density at radius 3 is 2.63 bits per heavy atom. The van der Waals surface area contributed by atoms with E-state index in [1.807, 2.05) is 0 Å². The van der Waals surface area contributed by atoms with Crippen LogP contribution in [0.25, 0.3) is 0 Å². The van der Waals surface area contributed by atoms with Crippen LogP contribution in [-0.2, 0) is 13.0 Å². The summed E-state index contributed by atoms with van der Waals surface area (Å²) in [6.45, 7) is 4.42. The average molecular weight is 251 g/mol. The van der Waals surface area contributed by atoms with Crippen LogP contribution in [0.3, 0.4) is 0 Å². The zero-order valence-electron chi connectivity index (χ0n) is 11.8. The lowest BCUT2D eigenvalue weighted by Gasteiger charge is -2.33. The maximum atomic E-state index is 2.42. The van der Waals surface area contributed by atoms with Gasteiger partial charge in [-0.05, 0) is 35.7 Å². The Hall–Kier alpha value is -1.60. The summed E-state index contributed by atoms with van der Waals surface area (Å²) in [5, 5.41) is 0. The molecule has 19 heavy (non-hydrogen) atoms. The second-order valence-corrected chi connectivity index (χ2v) is 5.55. The minimum Gasteiger partial charge on any atom is -0.301 e. The number of hydrogen-bond acceptors (Lipinski definition) is 1. The van der Waals surface area contributed by atoms with Crippen LogP contribution in [0.4, 0.5) is 0 Å². The number of fused-ring (bicyclic) bond motifs is 1. The Labute approximate surface area is 115 Å². The molecule has 2 aromatic rings. The maximum Gasteiger partial charge on any atom is 0.0234 e. The summed E-state index contributed by atoms with van der Waals surface area (Å²) in [4.78, 5) is 2.42. The third-order valence-electron chi connectivity index (χ3n) is 4.13. The molecule has 0 spiro atoms. The predicted molar refractivity (Wildman–Crippen MR) is 80.4 cm³/mol. The van der Waals surface area contributed by atoms with E-state index in [9.17, 15) is 0 Å². The second-order valence-electron chi connectivity index (χ2n) is 5.55. The molecule has 1 aliphatic heterocycles. The fourth-order valence-corrected chi connectivity index (χ4v) is 3.07. The fraction of sp³-hybridized carbons (Fsp3) is 0.333. The Morgan fingerprint density at radius 2 is 1.89 bits per heavy atom. The molecule has 0 aromatic heterocycles. The van der Waals surface area contributed by atoms with E-state index in [1.54, 1.807) is 0 Å². The molecule has 1 atom stereocenters. The molecule has 0 N–H and O–H groups in total. The van der Waals surface area contributed by atoms with Gasteiger partial charge in [-0.3, -0.25) is 0 Å². The van der Waals surface area contributed by atoms with E-state index < -0.39 is 0 Å². The molecule has 1 aliphatic rings. The van der Waals surface area contributed by atoms with E-state index in [2.05, 4.69) is 67.4 Å². The Kier molecular flexibility index (Phi) is 3.39. The number of hydrogen-bond donors (Lipinski definition) is 0. The van der Waals surface area contributed by atoms with Crippen LogP contribution in [0.2, 0.25) is 0 Å². The molecule has 98 valence electrons. The van der Waals surface area contributed by atoms with Gasteiger partial charge in [-0.15, -0.1) is 0 Å². The Bertz CT molecular complexity index is 559. The van der Waals surface area contributed by atoms with Gasteiger partial charge in [0, 0.05) is 19.0 Å². The minimum absolute atomic E-state index is 0.515. The quantitative estimate of drug-likeness (QED) is 0.784. The highest BCUT2D eigenvalue weighted by atomic mass is 15.1. The maximum absolute atomic E-state index is 2.42. The van der Waals surface area contributed by atoms with Gasteiger partial charge < -0.3 is 4.90 Å². The number of nitrogens with zero attached hydrogens (tertiary/aromatic N) is 1. The molecule has 1 heterocycles. The topological polar surface area (TPSA) is 3.24 Å². The lowest BCUT2D eigenvalue weighted by Crippen LogP contribution is -2.31. The van der Waals surface area contributed by atoms with Crippen LogP contribution in [0.5, 0.6) is 0 Å². The molecule has 1 heteroatoms. The van der Waals surface area contributed by atoms with Crippen LogP contribution in [-0.4, -0.2) is 18.5 Å². The Balaban J connectivity index is 2.07. The van der Waals surface area contributed by atoms with Gasteiger partial charge in [0.15, 0.2) is 0 Å². The predicted octanol–water partition coefficient (Wildman–Crippen LogP) is 3.83. The third kappa shape index (κ3) is 2.43. The van der Waals surface area contributed by atoms with Crippen molar-refractivity contribution < 1.29 is 0 Å². The molecular formula is C18H21N. The SMILES string of the molecule is CCc1ccc2c(c1)C(c1ccccc1)CN(C)C2. The van der Waals surface area contributed by atoms with Crippen LogP contribution < -0.4 is 0 Å². The van der Waals surface area contributed by atoms with Gasteiger partial charge in [0.25, 0.3) is 0 Å². The van der Waals surface area contributed by atoms with Crippen molar-refractivity contribution in [2.45, 2.75) is 25.8 Å². The van der Waals surface area contributed by atoms with Gasteiger partial charge in [0.05, 0.1) is 0 Å². The number of rotatable bonds is 2. The smallest absolute Gasteiger partial charge is 0.0234 e. The summed E-state index contributed by atoms with van der Waals surface area (Å²) in [6, 6.07) is 17.9. The van der Waals surface area contributed by atoms with Crippen LogP contribution >= 0.6 is 0 Å². The second kappa shape index (κ2) is 5.18. The summed E-state index contributed by atoms with van der Waals surface area (Å²) in [5.74, 6) is 0.515. The number of aryl methyl sites for hydroxylation is 1. The molecule has 0 bridgehead atoms. The van der Waals surface area contributed by atoms with Gasteiger partial charge in [-0.25, -0.2) is 0 Å². The summed E-state index contributed by atoms with van der Waals surface area (Å²) in [5.41, 5.74) is 5.90. The van der Waals surface area contributed by atoms with Gasteiger partial charge in [-0.2, -0.15) is 0 Å². The van der Waals surface area contributed by atoms with Crippen molar-refractivity contribution in [2.24, 2.45) is 0 Å². The van der Waals surface area contributed by atoms with Crippen molar-refractivity contribution in [3.63, 3.8) is 0 Å². The monoisotopic (exact) mass is 251 g/mol. The van der Waals surface area contributed by atoms with Crippen LogP contribution in [0.1, 0.15) is 35.1 Å². The molecule has 0 fully saturated rings. The first-order valence-corrected chi connectivity index (χ1v) is 7.13. The van der Waals surface area contributed by atoms with Crippen molar-refractivity contribution in [1.82, 2.24) is 4.90 Å². The average Bonchev–Trinajstić information content (AvgIpc) is 2.47. The van der Waals surface area contributed by atoms with E-state index >= 15 is 0 Å². The van der Waals surface area contributed by atoms with Gasteiger partial charge in [0.1, 0.15) is 0 Å². The molecule has 0 saturated carbocycles. The van der Waals surface area contributed by atoms with Crippen molar-refractivity contribution >= 4 is 0 Å². The lowest BCUT2D eigenvalue weighted by atomic mass is 9.84. The van der Waals surface area contributed by atoms with E-state index in [-0.39, 0.29) is 0 Å². The first kappa shape index (κ1) is 12.4. The highest BCUT2D eigenvalue weighted by Crippen LogP contribution is 2.33. The first-order valence-electron chi connectivity index (χ1n) is 7.13. The van der Waals surface area contributed by atoms with E-state index in [4.69, 9.17) is 0 Å². The summed E-state index contributed by atoms with van der Waals surface area (Å²) in [6.07, 6.45) is 1.12. The van der Waals surface area contributed by atoms with Gasteiger partial charge >= 0.3 is 0 Å². The van der Waals surface area contributed by atoms with Crippen molar-refractivity contribution in [2.75, 3.05) is 13.6 Å². The van der Waals surface area contributed by atoms with Gasteiger partial charge in [-0.1, -0.05) is 55.5 Å². The number of benzene rings is 2. The lowest BCUT2D eigenvalue weighted by molar-refractivity contribution is 0.295. The van der Waals surface area contributed by atoms with E-state index in [1.165, 1.54) is 22.3 Å². The molecule has 0 radical (unpaired) electrons. The number of likely N-dealkylation sites (N-methyl/N-ethyl adjacent to an activating group) is 1. The summed E-state index contributed by atoms with van der Waals surface area (Å²) in [7, 11) is 2.21. The molecule has 1 unspecified atom stereocenters. The molecule has 0 amide bonds. The molecule has 0 saturated heterocycles. The normalized spacial score (nSPS) is 19.2. The molecule has 3 rings (SSSR count). The van der Waals surface area contributed by atoms with Crippen LogP contribution in [0, 0.1) is 0 Å². The van der Waals surface area contributed by atoms with Crippen molar-refractivity contribution in [3.05, 3.63) is 70.8 Å². The largest absolute Gasteiger partial charge is 0.301 e. The van der Waals surface area contributed by atoms with Crippen molar-refractivity contribution in [3.8, 4) is 0 Å². The van der Waals surface area contributed by atoms with Gasteiger partial charge in [0.2, 0.25) is 0 Å². The molecule has 1 nitrogen and oxygen atoms in total. The highest BCUT2D eigenvalue weighted by molar-refractivity contribution is 5.42. The zero-order chi connectivity index (χ0) is 13.2. The minimum atomic E-state index is 0.515. The first-order chi connectivity index (χ1) is 9.28. The summed E-state index contributed by atoms with van der Waals surface area (Å²) >= 11 is 0. The van der Waals surface area contributed by atoms with Crippen LogP contribution in [0.15, 0.2) is 48.5 Å². The molecule has 2 aromatic carbocycles. The molecular weight excluding hydrogens is 230 g/mol. The standard InChI is InChI=1S/C18H21N/c1-3-14-9-10-16-12-19(2)13-18(17(16)11-14)15-7-5-4-6-8-15/h4-11,18H,3,12-13H2,1-2H3. The van der Waals surface area contributed by atoms with E-state index in [0.29, 0.717) is 5.92 Å². The molecule has 0 aliphatic carbocycles. The van der Waals surface area contributed by atoms with Crippen molar-refractivity contribution in [1.29, 1.82) is 0 Å². The zero-order valence-corrected chi connectivity index (χ0v) is 11.8. The third-order valence-corrected chi connectivity index (χ3v) is 4.13. The van der Waals surface area contributed by atoms with E-state index in [0.717, 1.165) is 19.5 Å².